The number of nitrogens with zero attached hydrogens (tertiary/aromatic N) is 1. The number of hydrazone groups is 1. The molecule has 1 fully saturated rings. The van der Waals surface area contributed by atoms with Crippen LogP contribution in [0.15, 0.2) is 34.9 Å². The van der Waals surface area contributed by atoms with Gasteiger partial charge in [0.25, 0.3) is 0 Å². The minimum absolute atomic E-state index is 0.121. The van der Waals surface area contributed by atoms with Crippen molar-refractivity contribution in [3.05, 3.63) is 41.0 Å². The van der Waals surface area contributed by atoms with Gasteiger partial charge >= 0.3 is 0 Å². The minimum atomic E-state index is 0.121. The van der Waals surface area contributed by atoms with Crippen molar-refractivity contribution in [3.8, 4) is 5.75 Å². The van der Waals surface area contributed by atoms with Gasteiger partial charge in [0.05, 0.1) is 12.8 Å². The Morgan fingerprint density at radius 3 is 2.55 bits per heavy atom. The van der Waals surface area contributed by atoms with E-state index in [-0.39, 0.29) is 5.41 Å². The number of methoxy groups -OCH3 is 2. The zero-order valence-electron chi connectivity index (χ0n) is 14.0. The van der Waals surface area contributed by atoms with Crippen molar-refractivity contribution in [1.29, 1.82) is 0 Å². The fourth-order valence-electron chi connectivity index (χ4n) is 3.45. The van der Waals surface area contributed by atoms with Crippen LogP contribution < -0.4 is 10.6 Å². The lowest BCUT2D eigenvalue weighted by Gasteiger charge is -2.41. The van der Waals surface area contributed by atoms with E-state index in [2.05, 4.69) is 35.0 Å². The van der Waals surface area contributed by atoms with Gasteiger partial charge in [0.1, 0.15) is 5.75 Å². The lowest BCUT2D eigenvalue weighted by molar-refractivity contribution is 0.277. The predicted octanol–water partition coefficient (Wildman–Crippen LogP) is 3.39. The Balaban J connectivity index is 0.000000545. The number of benzene rings is 1. The van der Waals surface area contributed by atoms with Crippen LogP contribution in [0.25, 0.3) is 0 Å². The average molecular weight is 302 g/mol. The van der Waals surface area contributed by atoms with Crippen LogP contribution in [0.5, 0.6) is 5.75 Å². The van der Waals surface area contributed by atoms with Crippen LogP contribution in [0, 0.1) is 0 Å². The van der Waals surface area contributed by atoms with Crippen LogP contribution in [-0.2, 0) is 10.2 Å². The molecule has 1 aromatic carbocycles. The third-order valence-electron chi connectivity index (χ3n) is 4.63. The van der Waals surface area contributed by atoms with Gasteiger partial charge in [-0.1, -0.05) is 18.9 Å². The summed E-state index contributed by atoms with van der Waals surface area (Å²) in [6.07, 6.45) is 7.06. The summed E-state index contributed by atoms with van der Waals surface area (Å²) in [5.41, 5.74) is 4.94. The summed E-state index contributed by atoms with van der Waals surface area (Å²) in [4.78, 5) is 0. The van der Waals surface area contributed by atoms with Crippen LogP contribution >= 0.6 is 0 Å². The molecule has 2 N–H and O–H groups in total. The van der Waals surface area contributed by atoms with Crippen LogP contribution in [-0.4, -0.2) is 27.0 Å². The molecule has 2 aliphatic rings. The molecule has 22 heavy (non-hydrogen) atoms. The Morgan fingerprint density at radius 2 is 1.91 bits per heavy atom. The molecule has 4 nitrogen and oxygen atoms in total. The first-order valence-corrected chi connectivity index (χ1v) is 7.68. The molecular weight excluding hydrogens is 276 g/mol. The molecule has 0 bridgehead atoms. The molecule has 1 saturated carbocycles. The summed E-state index contributed by atoms with van der Waals surface area (Å²) < 4.78 is 9.63. The lowest BCUT2D eigenvalue weighted by Crippen LogP contribution is -2.34. The Morgan fingerprint density at radius 1 is 1.18 bits per heavy atom. The standard InChI is InChI=1S/C16H20N2O.C2H6O/c1-16-8-4-3-5-11(16)9-15(18-17)13-7-6-12(19-2)10-14(13)16;1-3-2/h6-7,9-10H,3-5,8,17H2,1-2H3;1-2H3/t16-;/m0./s1. The van der Waals surface area contributed by atoms with Crippen molar-refractivity contribution in [2.45, 2.75) is 38.0 Å². The summed E-state index contributed by atoms with van der Waals surface area (Å²) in [6, 6.07) is 6.21. The first-order chi connectivity index (χ1) is 10.6. The maximum atomic E-state index is 5.57. The maximum absolute atomic E-state index is 5.57. The van der Waals surface area contributed by atoms with E-state index in [1.165, 1.54) is 30.4 Å². The van der Waals surface area contributed by atoms with Gasteiger partial charge < -0.3 is 15.3 Å². The highest BCUT2D eigenvalue weighted by Gasteiger charge is 2.38. The van der Waals surface area contributed by atoms with Crippen LogP contribution in [0.4, 0.5) is 0 Å². The van der Waals surface area contributed by atoms with Gasteiger partial charge in [-0.05, 0) is 49.1 Å². The summed E-state index contributed by atoms with van der Waals surface area (Å²) >= 11 is 0. The van der Waals surface area contributed by atoms with E-state index in [0.717, 1.165) is 23.4 Å². The number of nitrogens with two attached hydrogens (primary N) is 1. The molecule has 0 amide bonds. The Kier molecular flexibility index (Phi) is 5.24. The van der Waals surface area contributed by atoms with Gasteiger partial charge in [0.15, 0.2) is 0 Å². The molecule has 0 aliphatic heterocycles. The van der Waals surface area contributed by atoms with E-state index in [9.17, 15) is 0 Å². The molecule has 2 aliphatic carbocycles. The molecule has 0 aromatic heterocycles. The molecule has 0 heterocycles. The predicted molar refractivity (Wildman–Crippen MR) is 90.6 cm³/mol. The van der Waals surface area contributed by atoms with Crippen LogP contribution in [0.2, 0.25) is 0 Å². The highest BCUT2D eigenvalue weighted by molar-refractivity contribution is 6.12. The smallest absolute Gasteiger partial charge is 0.119 e. The van der Waals surface area contributed by atoms with E-state index in [4.69, 9.17) is 10.6 Å². The van der Waals surface area contributed by atoms with E-state index >= 15 is 0 Å². The number of fused-ring (bicyclic) bond motifs is 3. The third-order valence-corrected chi connectivity index (χ3v) is 4.63. The van der Waals surface area contributed by atoms with Gasteiger partial charge in [0, 0.05) is 25.2 Å². The zero-order valence-corrected chi connectivity index (χ0v) is 14.0. The summed E-state index contributed by atoms with van der Waals surface area (Å²) in [5.74, 6) is 6.47. The van der Waals surface area contributed by atoms with Gasteiger partial charge in [-0.15, -0.1) is 0 Å². The second-order valence-corrected chi connectivity index (χ2v) is 6.04. The van der Waals surface area contributed by atoms with E-state index in [0.29, 0.717) is 0 Å². The molecule has 0 saturated heterocycles. The molecule has 0 radical (unpaired) electrons. The van der Waals surface area contributed by atoms with Gasteiger partial charge in [-0.2, -0.15) is 5.10 Å². The van der Waals surface area contributed by atoms with Crippen molar-refractivity contribution >= 4 is 5.71 Å². The van der Waals surface area contributed by atoms with Crippen LogP contribution in [0.3, 0.4) is 0 Å². The number of ether oxygens (including phenoxy) is 2. The second kappa shape index (κ2) is 6.97. The third kappa shape index (κ3) is 2.88. The molecular formula is C18H26N2O2. The monoisotopic (exact) mass is 302 g/mol. The molecule has 3 rings (SSSR count). The molecule has 1 aromatic rings. The van der Waals surface area contributed by atoms with Crippen molar-refractivity contribution < 1.29 is 9.47 Å². The van der Waals surface area contributed by atoms with Crippen molar-refractivity contribution in [2.24, 2.45) is 10.9 Å². The Labute approximate surface area is 133 Å². The molecule has 0 unspecified atom stereocenters. The van der Waals surface area contributed by atoms with E-state index in [1.807, 2.05) is 6.07 Å². The summed E-state index contributed by atoms with van der Waals surface area (Å²) in [6.45, 7) is 2.34. The van der Waals surface area contributed by atoms with Crippen molar-refractivity contribution in [1.82, 2.24) is 0 Å². The van der Waals surface area contributed by atoms with E-state index < -0.39 is 0 Å². The summed E-state index contributed by atoms with van der Waals surface area (Å²) in [5, 5.41) is 3.97. The molecule has 1 atom stereocenters. The average Bonchev–Trinajstić information content (AvgIpc) is 2.54. The van der Waals surface area contributed by atoms with Gasteiger partial charge in [0.2, 0.25) is 0 Å². The Hall–Kier alpha value is -1.81. The van der Waals surface area contributed by atoms with Crippen LogP contribution in [0.1, 0.15) is 43.7 Å². The largest absolute Gasteiger partial charge is 0.497 e. The highest BCUT2D eigenvalue weighted by Crippen LogP contribution is 2.47. The number of hydrogen-bond acceptors (Lipinski definition) is 4. The quantitative estimate of drug-likeness (QED) is 0.639. The molecule has 4 heteroatoms. The highest BCUT2D eigenvalue weighted by atomic mass is 16.5. The van der Waals surface area contributed by atoms with E-state index in [1.54, 1.807) is 21.3 Å². The number of allylic oxidation sites excluding steroid dienone is 2. The first-order valence-electron chi connectivity index (χ1n) is 7.68. The lowest BCUT2D eigenvalue weighted by atomic mass is 9.63. The first kappa shape index (κ1) is 16.6. The summed E-state index contributed by atoms with van der Waals surface area (Å²) in [7, 11) is 4.96. The van der Waals surface area contributed by atoms with Crippen molar-refractivity contribution in [2.75, 3.05) is 21.3 Å². The fourth-order valence-corrected chi connectivity index (χ4v) is 3.45. The Bertz CT molecular complexity index is 593. The second-order valence-electron chi connectivity index (χ2n) is 6.04. The SMILES string of the molecule is COC.COc1ccc2c(c1)[C@@]1(C)CCCCC1=CC2=NN. The van der Waals surface area contributed by atoms with Crippen molar-refractivity contribution in [3.63, 3.8) is 0 Å². The molecule has 0 spiro atoms. The minimum Gasteiger partial charge on any atom is -0.497 e. The normalized spacial score (nSPS) is 24.5. The topological polar surface area (TPSA) is 56.8 Å². The number of hydrogen-bond donors (Lipinski definition) is 1. The van der Waals surface area contributed by atoms with Gasteiger partial charge in [-0.3, -0.25) is 0 Å². The maximum Gasteiger partial charge on any atom is 0.119 e. The fraction of sp³-hybridized carbons (Fsp3) is 0.500. The van der Waals surface area contributed by atoms with Gasteiger partial charge in [-0.25, -0.2) is 0 Å². The number of rotatable bonds is 1. The zero-order chi connectivity index (χ0) is 16.2. The molecule has 120 valence electrons.